The van der Waals surface area contributed by atoms with Crippen molar-refractivity contribution in [1.29, 1.82) is 0 Å². The van der Waals surface area contributed by atoms with E-state index in [4.69, 9.17) is 4.74 Å². The van der Waals surface area contributed by atoms with Gasteiger partial charge in [0.25, 0.3) is 5.91 Å². The van der Waals surface area contributed by atoms with Crippen molar-refractivity contribution in [2.24, 2.45) is 9.98 Å². The van der Waals surface area contributed by atoms with Crippen LogP contribution in [0.4, 0.5) is 0 Å². The lowest BCUT2D eigenvalue weighted by Gasteiger charge is -1.91. The number of carbonyl (C=O) groups is 1. The van der Waals surface area contributed by atoms with Crippen LogP contribution < -0.4 is 0 Å². The monoisotopic (exact) mass is 204 g/mol. The zero-order chi connectivity index (χ0) is 10.8. The second-order valence-electron chi connectivity index (χ2n) is 2.65. The minimum atomic E-state index is -0.217. The van der Waals surface area contributed by atoms with Gasteiger partial charge in [-0.15, -0.1) is 0 Å². The van der Waals surface area contributed by atoms with Gasteiger partial charge < -0.3 is 4.74 Å². The first-order valence-corrected chi connectivity index (χ1v) is 4.56. The van der Waals surface area contributed by atoms with Crippen LogP contribution >= 0.6 is 0 Å². The minimum absolute atomic E-state index is 0.217. The van der Waals surface area contributed by atoms with E-state index in [1.54, 1.807) is 24.5 Å². The smallest absolute Gasteiger partial charge is 0.250 e. The summed E-state index contributed by atoms with van der Waals surface area (Å²) < 4.78 is 5.05. The second kappa shape index (κ2) is 7.44. The highest BCUT2D eigenvalue weighted by molar-refractivity contribution is 5.87. The summed E-state index contributed by atoms with van der Waals surface area (Å²) in [6, 6.07) is 0. The maximum atomic E-state index is 11.1. The molecule has 1 aliphatic heterocycles. The van der Waals surface area contributed by atoms with Crippen molar-refractivity contribution >= 4 is 18.5 Å². The third-order valence-electron chi connectivity index (χ3n) is 1.48. The van der Waals surface area contributed by atoms with Crippen molar-refractivity contribution in [2.75, 3.05) is 6.61 Å². The fourth-order valence-corrected chi connectivity index (χ4v) is 0.816. The van der Waals surface area contributed by atoms with E-state index in [-0.39, 0.29) is 12.3 Å². The summed E-state index contributed by atoms with van der Waals surface area (Å²) >= 11 is 0. The van der Waals surface area contributed by atoms with Gasteiger partial charge in [0, 0.05) is 12.6 Å². The first-order chi connectivity index (χ1) is 7.39. The maximum Gasteiger partial charge on any atom is 0.250 e. The molecule has 15 heavy (non-hydrogen) atoms. The van der Waals surface area contributed by atoms with Gasteiger partial charge in [-0.1, -0.05) is 24.3 Å². The minimum Gasteiger partial charge on any atom is -0.496 e. The highest BCUT2D eigenvalue weighted by Gasteiger charge is 1.90. The average molecular weight is 204 g/mol. The summed E-state index contributed by atoms with van der Waals surface area (Å²) in [6.45, 7) is 0.361. The summed E-state index contributed by atoms with van der Waals surface area (Å²) in [4.78, 5) is 18.4. The molecule has 0 aromatic carbocycles. The molecule has 0 unspecified atom stereocenters. The maximum absolute atomic E-state index is 11.1. The Morgan fingerprint density at radius 3 is 3.00 bits per heavy atom. The highest BCUT2D eigenvalue weighted by Crippen LogP contribution is 1.89. The summed E-state index contributed by atoms with van der Waals surface area (Å²) in [5.41, 5.74) is 0. The SMILES string of the molecule is O=C1C\C=C/C=C\C=C/OCC=NC=N1. The number of amides is 1. The van der Waals surface area contributed by atoms with Gasteiger partial charge in [0.05, 0.1) is 6.26 Å². The van der Waals surface area contributed by atoms with Crippen molar-refractivity contribution in [3.8, 4) is 0 Å². The molecule has 1 rings (SSSR count). The van der Waals surface area contributed by atoms with Gasteiger partial charge >= 0.3 is 0 Å². The highest BCUT2D eigenvalue weighted by atomic mass is 16.5. The predicted octanol–water partition coefficient (Wildman–Crippen LogP) is 1.66. The fourth-order valence-electron chi connectivity index (χ4n) is 0.816. The van der Waals surface area contributed by atoms with Crippen LogP contribution in [0, 0.1) is 0 Å². The van der Waals surface area contributed by atoms with Crippen molar-refractivity contribution in [3.63, 3.8) is 0 Å². The first kappa shape index (κ1) is 11.1. The van der Waals surface area contributed by atoms with E-state index in [0.29, 0.717) is 6.61 Å². The van der Waals surface area contributed by atoms with E-state index in [9.17, 15) is 4.79 Å². The quantitative estimate of drug-likeness (QED) is 0.602. The Balaban J connectivity index is 2.59. The van der Waals surface area contributed by atoms with Gasteiger partial charge in [-0.2, -0.15) is 0 Å². The lowest BCUT2D eigenvalue weighted by Crippen LogP contribution is -1.92. The van der Waals surface area contributed by atoms with Crippen LogP contribution in [-0.2, 0) is 9.53 Å². The molecule has 0 aromatic heterocycles. The van der Waals surface area contributed by atoms with Crippen molar-refractivity contribution in [2.45, 2.75) is 6.42 Å². The molecule has 0 aromatic rings. The molecule has 1 heterocycles. The van der Waals surface area contributed by atoms with Crippen LogP contribution in [0.15, 0.2) is 46.6 Å². The van der Waals surface area contributed by atoms with Gasteiger partial charge in [0.2, 0.25) is 0 Å². The number of nitrogens with zero attached hydrogens (tertiary/aromatic N) is 2. The van der Waals surface area contributed by atoms with Crippen molar-refractivity contribution < 1.29 is 9.53 Å². The zero-order valence-corrected chi connectivity index (χ0v) is 8.24. The number of hydrogen-bond donors (Lipinski definition) is 0. The number of hydrogen-bond acceptors (Lipinski definition) is 3. The van der Waals surface area contributed by atoms with Crippen molar-refractivity contribution in [1.82, 2.24) is 0 Å². The molecule has 4 heteroatoms. The van der Waals surface area contributed by atoms with E-state index in [0.717, 1.165) is 0 Å². The fraction of sp³-hybridized carbons (Fsp3) is 0.182. The molecule has 78 valence electrons. The van der Waals surface area contributed by atoms with Crippen LogP contribution in [-0.4, -0.2) is 25.1 Å². The largest absolute Gasteiger partial charge is 0.496 e. The second-order valence-corrected chi connectivity index (χ2v) is 2.65. The molecule has 0 atom stereocenters. The van der Waals surface area contributed by atoms with Crippen LogP contribution in [0.2, 0.25) is 0 Å². The molecule has 0 fully saturated rings. The van der Waals surface area contributed by atoms with E-state index in [1.807, 2.05) is 12.2 Å². The first-order valence-electron chi connectivity index (χ1n) is 4.56. The molecule has 0 spiro atoms. The third-order valence-corrected chi connectivity index (χ3v) is 1.48. The zero-order valence-electron chi connectivity index (χ0n) is 8.24. The van der Waals surface area contributed by atoms with E-state index < -0.39 is 0 Å². The Morgan fingerprint density at radius 1 is 1.20 bits per heavy atom. The van der Waals surface area contributed by atoms with E-state index in [1.165, 1.54) is 12.6 Å². The third kappa shape index (κ3) is 6.15. The Hall–Kier alpha value is -1.97. The van der Waals surface area contributed by atoms with Gasteiger partial charge in [-0.3, -0.25) is 4.79 Å². The summed E-state index contributed by atoms with van der Waals surface area (Å²) in [7, 11) is 0. The molecular weight excluding hydrogens is 192 g/mol. The van der Waals surface area contributed by atoms with Crippen LogP contribution in [0.25, 0.3) is 0 Å². The van der Waals surface area contributed by atoms with E-state index >= 15 is 0 Å². The van der Waals surface area contributed by atoms with Crippen LogP contribution in [0.5, 0.6) is 0 Å². The van der Waals surface area contributed by atoms with Gasteiger partial charge in [-0.25, -0.2) is 9.98 Å². The lowest BCUT2D eigenvalue weighted by atomic mass is 10.3. The number of carbonyl (C=O) groups excluding carboxylic acids is 1. The summed E-state index contributed by atoms with van der Waals surface area (Å²) in [5, 5.41) is 0. The summed E-state index contributed by atoms with van der Waals surface area (Å²) in [6.07, 6.45) is 13.5. The Labute approximate surface area is 88.4 Å². The van der Waals surface area contributed by atoms with Crippen LogP contribution in [0.1, 0.15) is 6.42 Å². The van der Waals surface area contributed by atoms with Crippen molar-refractivity contribution in [3.05, 3.63) is 36.6 Å². The Morgan fingerprint density at radius 2 is 2.07 bits per heavy atom. The number of ether oxygens (including phenoxy) is 1. The molecule has 1 aliphatic rings. The molecular formula is C11H12N2O2. The molecule has 0 saturated carbocycles. The Bertz CT molecular complexity index is 338. The van der Waals surface area contributed by atoms with E-state index in [2.05, 4.69) is 9.98 Å². The number of aliphatic imine (C=N–C) groups is 2. The molecule has 1 amide bonds. The molecule has 0 N–H and O–H groups in total. The molecule has 0 radical (unpaired) electrons. The molecule has 0 bridgehead atoms. The lowest BCUT2D eigenvalue weighted by molar-refractivity contribution is -0.116. The normalized spacial score (nSPS) is 23.9. The van der Waals surface area contributed by atoms with Crippen LogP contribution in [0.3, 0.4) is 0 Å². The Kier molecular flexibility index (Phi) is 5.51. The average Bonchev–Trinajstić information content (AvgIpc) is 2.24. The van der Waals surface area contributed by atoms with Gasteiger partial charge in [0.1, 0.15) is 12.9 Å². The molecule has 0 aliphatic carbocycles. The van der Waals surface area contributed by atoms with Gasteiger partial charge in [-0.05, 0) is 6.08 Å². The summed E-state index contributed by atoms with van der Waals surface area (Å²) in [5.74, 6) is -0.217. The standard InChI is InChI=1S/C11H12N2O2/c14-11-6-4-2-1-3-5-8-15-9-7-12-10-13-11/h1-5,7-8,10H,6,9H2/b3-1-,4-2-,8-5-,12-7?,13-10?. The topological polar surface area (TPSA) is 51.0 Å². The number of rotatable bonds is 0. The molecule has 0 saturated heterocycles. The molecule has 4 nitrogen and oxygen atoms in total. The predicted molar refractivity (Wildman–Crippen MR) is 60.0 cm³/mol. The number of allylic oxidation sites excluding steroid dienone is 4. The van der Waals surface area contributed by atoms with Gasteiger partial charge in [0.15, 0.2) is 0 Å².